The maximum absolute atomic E-state index is 13.0. The van der Waals surface area contributed by atoms with Crippen LogP contribution in [0.15, 0.2) is 23.0 Å². The lowest BCUT2D eigenvalue weighted by Crippen LogP contribution is -2.40. The van der Waals surface area contributed by atoms with Crippen LogP contribution in [0.3, 0.4) is 0 Å². The van der Waals surface area contributed by atoms with Crippen molar-refractivity contribution in [2.24, 2.45) is 5.92 Å². The number of nitrogens with zero attached hydrogens (tertiary/aromatic N) is 2. The van der Waals surface area contributed by atoms with Crippen molar-refractivity contribution < 1.29 is 9.59 Å². The standard InChI is InChI=1S/C22H27N5O3/c1-12-5-4-6-27(11-12)22-25-19-18(21(30)26-22)16(10-17(28)24-19)20(29)23-15-8-13(2)7-14(3)9-15/h7-9,12,16H,4-6,10-11H2,1-3H3,(H,23,29)(H2,24,25,26,28,30)/t12-,16+/m1/s1. The molecule has 0 radical (unpaired) electrons. The van der Waals surface area contributed by atoms with E-state index in [2.05, 4.69) is 27.5 Å². The lowest BCUT2D eigenvalue weighted by molar-refractivity contribution is -0.123. The molecule has 0 bridgehead atoms. The second-order valence-electron chi connectivity index (χ2n) is 8.52. The second-order valence-corrected chi connectivity index (χ2v) is 8.52. The van der Waals surface area contributed by atoms with Gasteiger partial charge >= 0.3 is 0 Å². The highest BCUT2D eigenvalue weighted by atomic mass is 16.2. The smallest absolute Gasteiger partial charge is 0.258 e. The number of aromatic nitrogens is 2. The van der Waals surface area contributed by atoms with Gasteiger partial charge in [-0.1, -0.05) is 13.0 Å². The van der Waals surface area contributed by atoms with E-state index in [0.29, 0.717) is 17.6 Å². The Hall–Kier alpha value is -3.16. The fourth-order valence-electron chi connectivity index (χ4n) is 4.39. The van der Waals surface area contributed by atoms with E-state index in [1.165, 1.54) is 0 Å². The predicted octanol–water partition coefficient (Wildman–Crippen LogP) is 2.69. The van der Waals surface area contributed by atoms with Gasteiger partial charge in [-0.2, -0.15) is 4.98 Å². The van der Waals surface area contributed by atoms with Crippen LogP contribution in [-0.2, 0) is 9.59 Å². The zero-order valence-electron chi connectivity index (χ0n) is 17.5. The van der Waals surface area contributed by atoms with Crippen LogP contribution in [0.1, 0.15) is 48.8 Å². The van der Waals surface area contributed by atoms with E-state index in [9.17, 15) is 14.4 Å². The van der Waals surface area contributed by atoms with Gasteiger partial charge < -0.3 is 15.5 Å². The van der Waals surface area contributed by atoms with Crippen molar-refractivity contribution in [1.29, 1.82) is 0 Å². The molecule has 1 aromatic carbocycles. The molecule has 2 aliphatic rings. The van der Waals surface area contributed by atoms with Crippen molar-refractivity contribution in [3.8, 4) is 0 Å². The number of aromatic amines is 1. The Morgan fingerprint density at radius 3 is 2.63 bits per heavy atom. The lowest BCUT2D eigenvalue weighted by atomic mass is 9.92. The first kappa shape index (κ1) is 20.1. The van der Waals surface area contributed by atoms with Gasteiger partial charge in [0.25, 0.3) is 5.56 Å². The number of carbonyl (C=O) groups is 2. The number of anilines is 3. The number of H-pyrrole nitrogens is 1. The monoisotopic (exact) mass is 409 g/mol. The molecule has 158 valence electrons. The van der Waals surface area contributed by atoms with Crippen LogP contribution >= 0.6 is 0 Å². The molecular weight excluding hydrogens is 382 g/mol. The molecule has 2 aliphatic heterocycles. The van der Waals surface area contributed by atoms with E-state index in [1.807, 2.05) is 36.9 Å². The number of hydrogen-bond acceptors (Lipinski definition) is 5. The summed E-state index contributed by atoms with van der Waals surface area (Å²) in [4.78, 5) is 47.6. The second kappa shape index (κ2) is 7.93. The molecule has 0 unspecified atom stereocenters. The Labute approximate surface area is 175 Å². The van der Waals surface area contributed by atoms with E-state index >= 15 is 0 Å². The highest BCUT2D eigenvalue weighted by molar-refractivity contribution is 6.04. The van der Waals surface area contributed by atoms with Crippen LogP contribution in [0, 0.1) is 19.8 Å². The van der Waals surface area contributed by atoms with Crippen LogP contribution in [0.2, 0.25) is 0 Å². The third-order valence-corrected chi connectivity index (χ3v) is 5.70. The largest absolute Gasteiger partial charge is 0.342 e. The minimum Gasteiger partial charge on any atom is -0.342 e. The van der Waals surface area contributed by atoms with Gasteiger partial charge in [0.1, 0.15) is 5.82 Å². The minimum atomic E-state index is -0.889. The van der Waals surface area contributed by atoms with Crippen LogP contribution in [0.5, 0.6) is 0 Å². The van der Waals surface area contributed by atoms with Crippen molar-refractivity contribution in [2.45, 2.75) is 46.0 Å². The fraction of sp³-hybridized carbons (Fsp3) is 0.455. The fourth-order valence-corrected chi connectivity index (χ4v) is 4.39. The Kier molecular flexibility index (Phi) is 5.32. The molecule has 2 atom stereocenters. The van der Waals surface area contributed by atoms with Crippen molar-refractivity contribution in [1.82, 2.24) is 9.97 Å². The van der Waals surface area contributed by atoms with Gasteiger partial charge in [0.15, 0.2) is 0 Å². The minimum absolute atomic E-state index is 0.0888. The van der Waals surface area contributed by atoms with Gasteiger partial charge in [-0.15, -0.1) is 0 Å². The number of fused-ring (bicyclic) bond motifs is 1. The third kappa shape index (κ3) is 4.08. The SMILES string of the molecule is Cc1cc(C)cc(NC(=O)[C@H]2CC(=O)Nc3nc(N4CCC[C@@H](C)C4)[nH]c(=O)c32)c1. The maximum atomic E-state index is 13.0. The first-order valence-electron chi connectivity index (χ1n) is 10.4. The first-order valence-corrected chi connectivity index (χ1v) is 10.4. The van der Waals surface area contributed by atoms with Gasteiger partial charge in [0.05, 0.1) is 11.5 Å². The molecule has 3 heterocycles. The summed E-state index contributed by atoms with van der Waals surface area (Å²) in [6, 6.07) is 5.73. The topological polar surface area (TPSA) is 107 Å². The quantitative estimate of drug-likeness (QED) is 0.723. The number of hydrogen-bond donors (Lipinski definition) is 3. The molecule has 1 aromatic heterocycles. The molecule has 2 aromatic rings. The number of benzene rings is 1. The number of rotatable bonds is 3. The van der Waals surface area contributed by atoms with E-state index in [4.69, 9.17) is 0 Å². The number of nitrogens with one attached hydrogen (secondary N) is 3. The van der Waals surface area contributed by atoms with Gasteiger partial charge in [0, 0.05) is 25.2 Å². The first-order chi connectivity index (χ1) is 14.3. The molecule has 8 nitrogen and oxygen atoms in total. The number of piperidine rings is 1. The van der Waals surface area contributed by atoms with Gasteiger partial charge in [-0.3, -0.25) is 19.4 Å². The molecule has 0 saturated carbocycles. The van der Waals surface area contributed by atoms with E-state index in [1.54, 1.807) is 0 Å². The molecular formula is C22H27N5O3. The summed E-state index contributed by atoms with van der Waals surface area (Å²) in [6.45, 7) is 7.66. The van der Waals surface area contributed by atoms with Crippen molar-refractivity contribution in [3.05, 3.63) is 45.2 Å². The average molecular weight is 409 g/mol. The zero-order valence-corrected chi connectivity index (χ0v) is 17.5. The molecule has 3 N–H and O–H groups in total. The summed E-state index contributed by atoms with van der Waals surface area (Å²) in [6.07, 6.45) is 2.08. The number of amides is 2. The van der Waals surface area contributed by atoms with Crippen molar-refractivity contribution >= 4 is 29.3 Å². The van der Waals surface area contributed by atoms with Crippen LogP contribution in [0.4, 0.5) is 17.5 Å². The van der Waals surface area contributed by atoms with Gasteiger partial charge in [-0.25, -0.2) is 0 Å². The predicted molar refractivity (Wildman–Crippen MR) is 116 cm³/mol. The molecule has 4 rings (SSSR count). The molecule has 30 heavy (non-hydrogen) atoms. The lowest BCUT2D eigenvalue weighted by Gasteiger charge is -2.32. The average Bonchev–Trinajstić information content (AvgIpc) is 2.66. The Bertz CT molecular complexity index is 1040. The highest BCUT2D eigenvalue weighted by Crippen LogP contribution is 2.31. The summed E-state index contributed by atoms with van der Waals surface area (Å²) in [5, 5.41) is 5.54. The van der Waals surface area contributed by atoms with Crippen LogP contribution < -0.4 is 21.1 Å². The summed E-state index contributed by atoms with van der Waals surface area (Å²) in [5.41, 5.74) is 2.52. The molecule has 1 fully saturated rings. The number of aryl methyl sites for hydroxylation is 2. The normalized spacial score (nSPS) is 21.0. The van der Waals surface area contributed by atoms with Crippen molar-refractivity contribution in [3.63, 3.8) is 0 Å². The van der Waals surface area contributed by atoms with Crippen LogP contribution in [-0.4, -0.2) is 34.9 Å². The summed E-state index contributed by atoms with van der Waals surface area (Å²) in [5.74, 6) is -0.460. The molecule has 0 aliphatic carbocycles. The molecule has 8 heteroatoms. The Balaban J connectivity index is 1.65. The molecule has 0 spiro atoms. The number of carbonyl (C=O) groups excluding carboxylic acids is 2. The molecule has 1 saturated heterocycles. The Morgan fingerprint density at radius 1 is 1.20 bits per heavy atom. The van der Waals surface area contributed by atoms with E-state index in [0.717, 1.165) is 37.1 Å². The van der Waals surface area contributed by atoms with Gasteiger partial charge in [0.2, 0.25) is 17.8 Å². The third-order valence-electron chi connectivity index (χ3n) is 5.70. The van der Waals surface area contributed by atoms with Gasteiger partial charge in [-0.05, 0) is 55.9 Å². The zero-order chi connectivity index (χ0) is 21.4. The summed E-state index contributed by atoms with van der Waals surface area (Å²) < 4.78 is 0. The molecule has 2 amide bonds. The van der Waals surface area contributed by atoms with E-state index < -0.39 is 5.92 Å². The summed E-state index contributed by atoms with van der Waals surface area (Å²) >= 11 is 0. The Morgan fingerprint density at radius 2 is 1.93 bits per heavy atom. The van der Waals surface area contributed by atoms with Crippen molar-refractivity contribution in [2.75, 3.05) is 28.6 Å². The van der Waals surface area contributed by atoms with Crippen LogP contribution in [0.25, 0.3) is 0 Å². The maximum Gasteiger partial charge on any atom is 0.258 e. The summed E-state index contributed by atoms with van der Waals surface area (Å²) in [7, 11) is 0. The van der Waals surface area contributed by atoms with E-state index in [-0.39, 0.29) is 35.2 Å². The highest BCUT2D eigenvalue weighted by Gasteiger charge is 2.35.